The monoisotopic (exact) mass is 2120 g/mol. The van der Waals surface area contributed by atoms with Gasteiger partial charge in [0.1, 0.15) is 102 Å². The smallest absolute Gasteiger partial charge is 0.326 e. The van der Waals surface area contributed by atoms with Gasteiger partial charge in [-0.25, -0.2) is 9.78 Å². The number of unbranched alkanes of at least 4 members (excludes halogenated alkanes) is 1. The van der Waals surface area contributed by atoms with Crippen molar-refractivity contribution < 1.29 is 136 Å². The minimum absolute atomic E-state index is 0.0141. The van der Waals surface area contributed by atoms with E-state index in [0.29, 0.717) is 34.0 Å². The van der Waals surface area contributed by atoms with Gasteiger partial charge in [0.05, 0.1) is 51.0 Å². The lowest BCUT2D eigenvalue weighted by molar-refractivity contribution is -0.143. The number of benzene rings is 3. The van der Waals surface area contributed by atoms with Crippen LogP contribution in [0.2, 0.25) is 0 Å². The number of hydrogen-bond donors (Lipinski definition) is 30. The highest BCUT2D eigenvalue weighted by Gasteiger charge is 2.41. The second-order valence-corrected chi connectivity index (χ2v) is 37.4. The number of para-hydroxylation sites is 1. The minimum atomic E-state index is -2.00. The van der Waals surface area contributed by atoms with Crippen LogP contribution < -0.4 is 124 Å². The Hall–Kier alpha value is -15.8. The predicted molar refractivity (Wildman–Crippen MR) is 538 cm³/mol. The van der Waals surface area contributed by atoms with Crippen molar-refractivity contribution in [3.05, 3.63) is 120 Å². The molecule has 35 N–H and O–H groups in total. The maximum absolute atomic E-state index is 14.9. The highest BCUT2D eigenvalue weighted by Crippen LogP contribution is 2.22. The third-order valence-electron chi connectivity index (χ3n) is 23.1. The van der Waals surface area contributed by atoms with E-state index in [1.807, 2.05) is 0 Å². The zero-order valence-electron chi connectivity index (χ0n) is 84.3. The van der Waals surface area contributed by atoms with E-state index in [0.717, 1.165) is 6.92 Å². The van der Waals surface area contributed by atoms with Crippen LogP contribution in [0.15, 0.2) is 97.6 Å². The number of carbonyl (C=O) groups excluding carboxylic acids is 21. The van der Waals surface area contributed by atoms with E-state index in [-0.39, 0.29) is 74.6 Å². The summed E-state index contributed by atoms with van der Waals surface area (Å²) in [6.07, 6.45) is -1.20. The fraction of sp³-hybridized carbons (Fsp3) is 0.516. The van der Waals surface area contributed by atoms with Gasteiger partial charge in [0, 0.05) is 61.1 Å². The molecule has 0 fully saturated rings. The number of nitrogens with zero attached hydrogens (tertiary/aromatic N) is 1. The van der Waals surface area contributed by atoms with Crippen molar-refractivity contribution in [3.8, 4) is 5.75 Å². The van der Waals surface area contributed by atoms with E-state index < -0.39 is 315 Å². The Morgan fingerprint density at radius 1 is 0.407 bits per heavy atom. The number of aliphatic carboxylic acids is 2. The predicted octanol–water partition coefficient (Wildman–Crippen LogP) is -8.83. The molecule has 822 valence electrons. The number of carboxylic acid groups (broad SMARTS) is 2. The maximum Gasteiger partial charge on any atom is 0.326 e. The van der Waals surface area contributed by atoms with Gasteiger partial charge in [0.25, 0.3) is 0 Å². The first-order valence-corrected chi connectivity index (χ1v) is 49.5. The Morgan fingerprint density at radius 2 is 0.853 bits per heavy atom. The number of carboxylic acids is 2. The summed E-state index contributed by atoms with van der Waals surface area (Å²) in [4.78, 5) is 322. The summed E-state index contributed by atoms with van der Waals surface area (Å²) in [6, 6.07) is -6.42. The SMILES string of the molecule is CSCC[C@H](NC(=O)[C@H](CCC(=O)O)NC(=O)CNC(=O)CNC(=O)[C@H](CC(N)=O)NC(=O)[C@H](Cc1cnc[nH]1)NC(=O)[C@@H](NC(=O)[C@H](Cc1c[nH]c2ccccc12)NC(=O)[C@H](CCCCN)NC(=O)[C@H](C)NC(=O)[C@H](CO)NC(=O)[C@H](C)NC(=O)[C@@H](N)Cc1ccc(O)cc1)[C@@H](C)O)C(=O)N[C@@H](Cc1ccccc1)C(=O)N[C@H](C(=O)N[C@@H](C)C(=O)N[C@@H](CC(C)C)C(=O)N[C@@H](CC(N)=O)C(=O)N[C@@H](CCC(N)=O)C(=O)O)C(C)C. The number of aromatic amines is 2. The highest BCUT2D eigenvalue weighted by atomic mass is 32.2. The van der Waals surface area contributed by atoms with Gasteiger partial charge in [-0.2, -0.15) is 11.8 Å². The summed E-state index contributed by atoms with van der Waals surface area (Å²) >= 11 is 1.22. The van der Waals surface area contributed by atoms with Crippen LogP contribution in [0, 0.1) is 11.8 Å². The Morgan fingerprint density at radius 3 is 1.39 bits per heavy atom. The average molecular weight is 2120 g/mol. The fourth-order valence-electron chi connectivity index (χ4n) is 14.8. The molecule has 0 unspecified atom stereocenters. The second-order valence-electron chi connectivity index (χ2n) is 36.4. The number of H-pyrrole nitrogens is 2. The molecule has 0 aliphatic heterocycles. The van der Waals surface area contributed by atoms with Crippen LogP contribution in [0.25, 0.3) is 10.9 Å². The van der Waals surface area contributed by atoms with Gasteiger partial charge in [-0.3, -0.25) is 105 Å². The molecule has 5 aromatic rings. The van der Waals surface area contributed by atoms with Gasteiger partial charge >= 0.3 is 11.9 Å². The van der Waals surface area contributed by atoms with Crippen LogP contribution in [-0.2, 0) is 136 Å². The Bertz CT molecular complexity index is 5500. The number of carbonyl (C=O) groups is 23. The molecular weight excluding hydrogens is 1990 g/mol. The molecule has 18 atom stereocenters. The molecule has 0 saturated heterocycles. The van der Waals surface area contributed by atoms with Crippen LogP contribution in [0.1, 0.15) is 148 Å². The summed E-state index contributed by atoms with van der Waals surface area (Å²) in [5.41, 5.74) is 30.2. The number of thioether (sulfide) groups is 1. The molecule has 0 saturated carbocycles. The quantitative estimate of drug-likeness (QED) is 0.0161. The number of hydrogen-bond acceptors (Lipinski definition) is 30. The van der Waals surface area contributed by atoms with E-state index in [1.165, 1.54) is 77.2 Å². The average Bonchev–Trinajstić information content (AvgIpc) is 1.65. The van der Waals surface area contributed by atoms with E-state index in [4.69, 9.17) is 28.7 Å². The van der Waals surface area contributed by atoms with Crippen LogP contribution in [0.4, 0.5) is 0 Å². The minimum Gasteiger partial charge on any atom is -0.508 e. The number of aliphatic hydroxyl groups is 2. The number of rotatable bonds is 67. The molecule has 0 bridgehead atoms. The molecule has 3 aromatic carbocycles. The van der Waals surface area contributed by atoms with E-state index in [9.17, 15) is 136 Å². The van der Waals surface area contributed by atoms with Gasteiger partial charge in [-0.15, -0.1) is 0 Å². The van der Waals surface area contributed by atoms with Gasteiger partial charge < -0.3 is 160 Å². The molecule has 0 spiro atoms. The Balaban J connectivity index is 1.27. The van der Waals surface area contributed by atoms with Crippen LogP contribution in [0.3, 0.4) is 0 Å². The molecule has 150 heavy (non-hydrogen) atoms. The molecule has 0 radical (unpaired) electrons. The van der Waals surface area contributed by atoms with Gasteiger partial charge in [-0.1, -0.05) is 88.4 Å². The summed E-state index contributed by atoms with van der Waals surface area (Å²) in [7, 11) is 0. The van der Waals surface area contributed by atoms with Crippen LogP contribution in [0.5, 0.6) is 5.75 Å². The first-order valence-electron chi connectivity index (χ1n) is 48.1. The van der Waals surface area contributed by atoms with E-state index >= 15 is 0 Å². The lowest BCUT2D eigenvalue weighted by atomic mass is 10.00. The number of imidazole rings is 1. The van der Waals surface area contributed by atoms with Crippen LogP contribution >= 0.6 is 11.8 Å². The van der Waals surface area contributed by atoms with E-state index in [1.54, 1.807) is 86.8 Å². The van der Waals surface area contributed by atoms with Crippen molar-refractivity contribution in [1.82, 2.24) is 111 Å². The summed E-state index contributed by atoms with van der Waals surface area (Å²) < 4.78 is 0. The summed E-state index contributed by atoms with van der Waals surface area (Å²) in [5.74, 6) is -26.2. The number of aromatic hydroxyl groups is 1. The second kappa shape index (κ2) is 63.0. The molecule has 0 aliphatic rings. The number of fused-ring (bicyclic) bond motifs is 1. The third kappa shape index (κ3) is 43.7. The first-order chi connectivity index (χ1) is 70.8. The number of nitrogens with one attached hydrogen (secondary N) is 20. The largest absolute Gasteiger partial charge is 0.508 e. The third-order valence-corrected chi connectivity index (χ3v) is 23.7. The number of nitrogens with two attached hydrogens (primary N) is 5. The van der Waals surface area contributed by atoms with Crippen molar-refractivity contribution in [1.29, 1.82) is 0 Å². The molecule has 55 heteroatoms. The maximum atomic E-state index is 14.9. The molecule has 21 amide bonds. The molecular formula is C95H138N26O28S. The summed E-state index contributed by atoms with van der Waals surface area (Å²) in [6.45, 7) is 8.41. The fourth-order valence-corrected chi connectivity index (χ4v) is 15.3. The summed E-state index contributed by atoms with van der Waals surface area (Å²) in [5, 5.41) is 94.4. The van der Waals surface area contributed by atoms with Crippen molar-refractivity contribution in [2.45, 2.75) is 261 Å². The topological polar surface area (TPSA) is 885 Å². The van der Waals surface area contributed by atoms with E-state index in [2.05, 4.69) is 111 Å². The lowest BCUT2D eigenvalue weighted by Gasteiger charge is -2.28. The highest BCUT2D eigenvalue weighted by molar-refractivity contribution is 7.98. The standard InChI is InChI=1S/C95H138N26O28S/c1-46(2)33-64(87(140)117-69(39-73(100)127)89(142)112-63(95(148)149)26-28-71(98)125)113-80(133)50(7)108-93(146)77(47(3)4)120-90(143)65(35-52-17-11-10-12-18-52)114-86(139)62(30-32-150-9)111-85(138)61(27-29-76(130)131)109-75(129)43-103-74(128)42-104-83(136)68(38-72(99)126)116-88(141)67(37-55-41-101-45-105-55)118-94(147)78(51(8)123)121-91(144)66(36-54-40-102-59-20-14-13-19-57(54)59)115-84(137)60(21-15-16-31-96)110-79(132)49(6)107-92(145)70(44-122)119-81(134)48(5)106-82(135)58(97)34-53-22-24-56(124)25-23-53/h10-14,17-20,22-25,40-41,45-51,58,60-70,77-78,102,122-124H,15-16,21,26-39,42-44,96-97H2,1-9H3,(H2,98,125)(H2,99,126)(H2,100,127)(H,101,105)(H,103,128)(H,104,136)(H,106,135)(H,107,145)(H,108,146)(H,109,129)(H,110,132)(H,111,138)(H,112,142)(H,113,133)(H,114,139)(H,115,137)(H,116,141)(H,117,140)(H,118,147)(H,119,134)(H,120,143)(H,121,144)(H,130,131)(H,148,149)/t48-,49-,50-,51+,58-,60-,61-,62-,63-,64-,65-,66-,67-,68-,69-,70-,77-,78-/m0/s1. The van der Waals surface area contributed by atoms with Gasteiger partial charge in [0.2, 0.25) is 124 Å². The number of phenolic OH excluding ortho intramolecular Hbond substituents is 1. The van der Waals surface area contributed by atoms with Gasteiger partial charge in [-0.05, 0) is 144 Å². The normalized spacial score (nSPS) is 14.7. The molecule has 2 aromatic heterocycles. The zero-order chi connectivity index (χ0) is 112. The van der Waals surface area contributed by atoms with Crippen molar-refractivity contribution in [2.24, 2.45) is 40.5 Å². The van der Waals surface area contributed by atoms with Crippen LogP contribution in [-0.4, -0.2) is 324 Å². The molecule has 54 nitrogen and oxygen atoms in total. The number of phenols is 1. The molecule has 2 heterocycles. The Kier molecular flexibility index (Phi) is 52.4. The zero-order valence-corrected chi connectivity index (χ0v) is 85.1. The van der Waals surface area contributed by atoms with Crippen molar-refractivity contribution >= 4 is 159 Å². The number of primary amides is 3. The number of amides is 21. The van der Waals surface area contributed by atoms with Gasteiger partial charge in [0.15, 0.2) is 0 Å². The van der Waals surface area contributed by atoms with Crippen molar-refractivity contribution in [3.63, 3.8) is 0 Å². The molecule has 5 rings (SSSR count). The number of aliphatic hydroxyl groups excluding tert-OH is 2. The first kappa shape index (κ1) is 125. The Labute approximate surface area is 866 Å². The number of aromatic nitrogens is 3. The van der Waals surface area contributed by atoms with Crippen molar-refractivity contribution in [2.75, 3.05) is 38.2 Å². The lowest BCUT2D eigenvalue weighted by Crippen LogP contribution is -2.62. The molecule has 0 aliphatic carbocycles.